The molecule has 28 heavy (non-hydrogen) atoms. The van der Waals surface area contributed by atoms with Gasteiger partial charge in [-0.3, -0.25) is 14.4 Å². The van der Waals surface area contributed by atoms with Crippen molar-refractivity contribution in [3.63, 3.8) is 0 Å². The molecule has 0 unspecified atom stereocenters. The standard InChI is InChI=1S/C21H21NO5S/c1-2-22(18-12-13-28(26,27)14-18)21(25)17-10-8-16(9-11-17)20(24)19(23)15-6-4-3-5-7-15/h3-11,18H,2,12-14H2,1H3/t18-/m1/s1. The van der Waals surface area contributed by atoms with Gasteiger partial charge in [-0.15, -0.1) is 0 Å². The molecule has 146 valence electrons. The zero-order chi connectivity index (χ0) is 20.3. The van der Waals surface area contributed by atoms with E-state index in [0.717, 1.165) is 0 Å². The summed E-state index contributed by atoms with van der Waals surface area (Å²) in [6.45, 7) is 2.20. The molecule has 0 N–H and O–H groups in total. The fourth-order valence-electron chi connectivity index (χ4n) is 3.37. The van der Waals surface area contributed by atoms with E-state index in [1.165, 1.54) is 24.3 Å². The molecule has 1 heterocycles. The molecule has 3 rings (SSSR count). The summed E-state index contributed by atoms with van der Waals surface area (Å²) >= 11 is 0. The lowest BCUT2D eigenvalue weighted by Crippen LogP contribution is -2.41. The molecule has 1 atom stereocenters. The average molecular weight is 399 g/mol. The topological polar surface area (TPSA) is 88.6 Å². The number of hydrogen-bond acceptors (Lipinski definition) is 5. The highest BCUT2D eigenvalue weighted by atomic mass is 32.2. The minimum absolute atomic E-state index is 0.0191. The molecule has 0 radical (unpaired) electrons. The number of ketones is 2. The summed E-state index contributed by atoms with van der Waals surface area (Å²) in [7, 11) is -3.10. The molecule has 1 aliphatic rings. The largest absolute Gasteiger partial charge is 0.335 e. The zero-order valence-corrected chi connectivity index (χ0v) is 16.3. The Kier molecular flexibility index (Phi) is 5.74. The van der Waals surface area contributed by atoms with Crippen molar-refractivity contribution in [2.45, 2.75) is 19.4 Å². The predicted octanol–water partition coefficient (Wildman–Crippen LogP) is 2.40. The summed E-state index contributed by atoms with van der Waals surface area (Å²) in [5.74, 6) is -1.45. The van der Waals surface area contributed by atoms with Crippen molar-refractivity contribution in [3.8, 4) is 0 Å². The second-order valence-electron chi connectivity index (χ2n) is 6.75. The maximum absolute atomic E-state index is 12.8. The van der Waals surface area contributed by atoms with Crippen LogP contribution in [0.5, 0.6) is 0 Å². The molecule has 0 bridgehead atoms. The van der Waals surface area contributed by atoms with Crippen LogP contribution in [-0.4, -0.2) is 54.9 Å². The fraction of sp³-hybridized carbons (Fsp3) is 0.286. The van der Waals surface area contributed by atoms with Crippen LogP contribution < -0.4 is 0 Å². The van der Waals surface area contributed by atoms with Gasteiger partial charge >= 0.3 is 0 Å². The van der Waals surface area contributed by atoms with Gasteiger partial charge in [-0.2, -0.15) is 0 Å². The van der Waals surface area contributed by atoms with Crippen molar-refractivity contribution in [2.24, 2.45) is 0 Å². The third-order valence-corrected chi connectivity index (χ3v) is 6.64. The van der Waals surface area contributed by atoms with Crippen LogP contribution in [0.25, 0.3) is 0 Å². The Balaban J connectivity index is 1.75. The van der Waals surface area contributed by atoms with Gasteiger partial charge in [0, 0.05) is 29.3 Å². The molecule has 1 fully saturated rings. The quantitative estimate of drug-likeness (QED) is 0.550. The van der Waals surface area contributed by atoms with Crippen LogP contribution in [-0.2, 0) is 9.84 Å². The molecule has 2 aromatic carbocycles. The number of Topliss-reactive ketones (excluding diaryl/α,β-unsaturated/α-hetero) is 2. The van der Waals surface area contributed by atoms with E-state index >= 15 is 0 Å². The van der Waals surface area contributed by atoms with Crippen LogP contribution in [0.3, 0.4) is 0 Å². The Morgan fingerprint density at radius 1 is 0.893 bits per heavy atom. The van der Waals surface area contributed by atoms with Gasteiger partial charge in [0.25, 0.3) is 5.91 Å². The van der Waals surface area contributed by atoms with Gasteiger partial charge in [0.15, 0.2) is 9.84 Å². The van der Waals surface area contributed by atoms with E-state index in [1.54, 1.807) is 42.2 Å². The first-order chi connectivity index (χ1) is 13.3. The van der Waals surface area contributed by atoms with Gasteiger partial charge in [-0.1, -0.05) is 42.5 Å². The summed E-state index contributed by atoms with van der Waals surface area (Å²) in [5.41, 5.74) is 0.874. The lowest BCUT2D eigenvalue weighted by atomic mass is 10.0. The summed E-state index contributed by atoms with van der Waals surface area (Å²) in [4.78, 5) is 39.0. The van der Waals surface area contributed by atoms with E-state index in [0.29, 0.717) is 24.1 Å². The Hall–Kier alpha value is -2.80. The summed E-state index contributed by atoms with van der Waals surface area (Å²) in [6, 6.07) is 13.9. The van der Waals surface area contributed by atoms with Crippen LogP contribution in [0.15, 0.2) is 54.6 Å². The van der Waals surface area contributed by atoms with Crippen molar-refractivity contribution in [1.29, 1.82) is 0 Å². The molecule has 0 aromatic heterocycles. The molecule has 6 nitrogen and oxygen atoms in total. The number of sulfone groups is 1. The molecular weight excluding hydrogens is 378 g/mol. The predicted molar refractivity (Wildman–Crippen MR) is 105 cm³/mol. The third-order valence-electron chi connectivity index (χ3n) is 4.89. The molecule has 1 saturated heterocycles. The van der Waals surface area contributed by atoms with Crippen molar-refractivity contribution >= 4 is 27.3 Å². The number of amides is 1. The molecule has 2 aromatic rings. The highest BCUT2D eigenvalue weighted by Crippen LogP contribution is 2.20. The first-order valence-corrected chi connectivity index (χ1v) is 10.9. The Morgan fingerprint density at radius 2 is 1.43 bits per heavy atom. The highest BCUT2D eigenvalue weighted by Gasteiger charge is 2.34. The summed E-state index contributed by atoms with van der Waals surface area (Å²) < 4.78 is 23.4. The smallest absolute Gasteiger partial charge is 0.254 e. The van der Waals surface area contributed by atoms with E-state index in [4.69, 9.17) is 0 Å². The first kappa shape index (κ1) is 19.9. The fourth-order valence-corrected chi connectivity index (χ4v) is 5.10. The highest BCUT2D eigenvalue weighted by molar-refractivity contribution is 7.91. The zero-order valence-electron chi connectivity index (χ0n) is 15.5. The first-order valence-electron chi connectivity index (χ1n) is 9.08. The maximum atomic E-state index is 12.8. The van der Waals surface area contributed by atoms with Crippen molar-refractivity contribution in [3.05, 3.63) is 71.3 Å². The van der Waals surface area contributed by atoms with Crippen LogP contribution in [0, 0.1) is 0 Å². The summed E-state index contributed by atoms with van der Waals surface area (Å²) in [5, 5.41) is 0. The lowest BCUT2D eigenvalue weighted by Gasteiger charge is -2.27. The van der Waals surface area contributed by atoms with Gasteiger partial charge in [0.1, 0.15) is 0 Å². The van der Waals surface area contributed by atoms with Gasteiger partial charge < -0.3 is 4.90 Å². The van der Waals surface area contributed by atoms with E-state index in [-0.39, 0.29) is 29.0 Å². The van der Waals surface area contributed by atoms with Crippen molar-refractivity contribution in [2.75, 3.05) is 18.1 Å². The number of nitrogens with zero attached hydrogens (tertiary/aromatic N) is 1. The average Bonchev–Trinajstić information content (AvgIpc) is 3.07. The molecule has 0 saturated carbocycles. The number of carbonyl (C=O) groups is 3. The van der Waals surface area contributed by atoms with Crippen LogP contribution in [0.4, 0.5) is 0 Å². The normalized spacial score (nSPS) is 17.8. The Labute approximate surface area is 164 Å². The van der Waals surface area contributed by atoms with Crippen LogP contribution >= 0.6 is 0 Å². The van der Waals surface area contributed by atoms with Gasteiger partial charge in [0.2, 0.25) is 11.6 Å². The minimum atomic E-state index is -3.10. The number of carbonyl (C=O) groups excluding carboxylic acids is 3. The van der Waals surface area contributed by atoms with Crippen molar-refractivity contribution in [1.82, 2.24) is 4.90 Å². The minimum Gasteiger partial charge on any atom is -0.335 e. The van der Waals surface area contributed by atoms with E-state index in [1.807, 2.05) is 0 Å². The molecule has 0 spiro atoms. The Bertz CT molecular complexity index is 997. The molecule has 1 amide bonds. The van der Waals surface area contributed by atoms with E-state index in [9.17, 15) is 22.8 Å². The molecule has 0 aliphatic carbocycles. The van der Waals surface area contributed by atoms with Gasteiger partial charge in [-0.05, 0) is 25.5 Å². The van der Waals surface area contributed by atoms with E-state index in [2.05, 4.69) is 0 Å². The van der Waals surface area contributed by atoms with Crippen molar-refractivity contribution < 1.29 is 22.8 Å². The van der Waals surface area contributed by atoms with Crippen LogP contribution in [0.1, 0.15) is 44.4 Å². The number of rotatable bonds is 6. The maximum Gasteiger partial charge on any atom is 0.254 e. The van der Waals surface area contributed by atoms with Gasteiger partial charge in [0.05, 0.1) is 11.5 Å². The lowest BCUT2D eigenvalue weighted by molar-refractivity contribution is 0.0708. The second kappa shape index (κ2) is 8.06. The Morgan fingerprint density at radius 3 is 1.93 bits per heavy atom. The molecule has 7 heteroatoms. The summed E-state index contributed by atoms with van der Waals surface area (Å²) in [6.07, 6.45) is 0.435. The second-order valence-corrected chi connectivity index (χ2v) is 8.98. The van der Waals surface area contributed by atoms with Crippen LogP contribution in [0.2, 0.25) is 0 Å². The SMILES string of the molecule is CCN(C(=O)c1ccc(C(=O)C(=O)c2ccccc2)cc1)[C@@H]1CCS(=O)(=O)C1. The molecule has 1 aliphatic heterocycles. The number of hydrogen-bond donors (Lipinski definition) is 0. The number of benzene rings is 2. The molecular formula is C21H21NO5S. The third kappa shape index (κ3) is 4.20. The van der Waals surface area contributed by atoms with Gasteiger partial charge in [-0.25, -0.2) is 8.42 Å². The monoisotopic (exact) mass is 399 g/mol. The van der Waals surface area contributed by atoms with E-state index < -0.39 is 21.4 Å².